The lowest BCUT2D eigenvalue weighted by molar-refractivity contribution is 0.391. The van der Waals surface area contributed by atoms with Gasteiger partial charge in [0.2, 0.25) is 0 Å². The highest BCUT2D eigenvalue weighted by atomic mass is 14.7. The Bertz CT molecular complexity index is 318. The van der Waals surface area contributed by atoms with E-state index < -0.39 is 0 Å². The van der Waals surface area contributed by atoms with E-state index in [0.717, 1.165) is 31.2 Å². The van der Waals surface area contributed by atoms with E-state index >= 15 is 0 Å². The summed E-state index contributed by atoms with van der Waals surface area (Å²) in [5.74, 6) is 1.50. The van der Waals surface area contributed by atoms with Crippen LogP contribution in [-0.2, 0) is 12.8 Å². The summed E-state index contributed by atoms with van der Waals surface area (Å²) in [6, 6.07) is 4.39. The monoisotopic (exact) mass is 218 g/mol. The molecule has 2 heteroatoms. The smallest absolute Gasteiger partial charge is 0.0406 e. The molecule has 88 valence electrons. The molecule has 2 rings (SSSR count). The number of hydrogen-bond acceptors (Lipinski definition) is 2. The van der Waals surface area contributed by atoms with Gasteiger partial charge in [-0.2, -0.15) is 0 Å². The van der Waals surface area contributed by atoms with Gasteiger partial charge in [0.15, 0.2) is 0 Å². The van der Waals surface area contributed by atoms with Gasteiger partial charge < -0.3 is 5.73 Å². The van der Waals surface area contributed by atoms with Crippen LogP contribution in [0.15, 0.2) is 18.3 Å². The van der Waals surface area contributed by atoms with Crippen LogP contribution in [-0.4, -0.2) is 11.5 Å². The highest BCUT2D eigenvalue weighted by Gasteiger charge is 2.26. The first-order valence-corrected chi connectivity index (χ1v) is 6.47. The normalized spacial score (nSPS) is 24.9. The summed E-state index contributed by atoms with van der Waals surface area (Å²) >= 11 is 0. The molecule has 2 unspecified atom stereocenters. The van der Waals surface area contributed by atoms with E-state index in [1.165, 1.54) is 30.5 Å². The number of pyridine rings is 1. The van der Waals surface area contributed by atoms with Gasteiger partial charge in [0, 0.05) is 11.9 Å². The highest BCUT2D eigenvalue weighted by Crippen LogP contribution is 2.33. The SMILES string of the molecule is CCc1ccc(CC2CCCC2CN)nc1. The summed E-state index contributed by atoms with van der Waals surface area (Å²) in [6.07, 6.45) is 8.20. The standard InChI is InChI=1S/C14H22N2/c1-2-11-6-7-14(16-10-11)8-12-4-3-5-13(12)9-15/h6-7,10,12-13H,2-5,8-9,15H2,1H3. The first-order chi connectivity index (χ1) is 7.83. The van der Waals surface area contributed by atoms with Crippen LogP contribution in [0.2, 0.25) is 0 Å². The molecule has 0 saturated heterocycles. The minimum absolute atomic E-state index is 0.729. The molecule has 0 aromatic carbocycles. The topological polar surface area (TPSA) is 38.9 Å². The fourth-order valence-electron chi connectivity index (χ4n) is 2.75. The van der Waals surface area contributed by atoms with E-state index in [0.29, 0.717) is 0 Å². The minimum Gasteiger partial charge on any atom is -0.330 e. The van der Waals surface area contributed by atoms with Crippen molar-refractivity contribution < 1.29 is 0 Å². The van der Waals surface area contributed by atoms with Gasteiger partial charge in [-0.1, -0.05) is 19.4 Å². The zero-order valence-electron chi connectivity index (χ0n) is 10.2. The Kier molecular flexibility index (Phi) is 3.94. The van der Waals surface area contributed by atoms with Crippen molar-refractivity contribution in [3.8, 4) is 0 Å². The molecule has 1 aromatic rings. The highest BCUT2D eigenvalue weighted by molar-refractivity contribution is 5.14. The number of rotatable bonds is 4. The first kappa shape index (κ1) is 11.6. The molecule has 1 fully saturated rings. The van der Waals surface area contributed by atoms with E-state index in [4.69, 9.17) is 5.73 Å². The second kappa shape index (κ2) is 5.44. The predicted molar refractivity (Wildman–Crippen MR) is 67.2 cm³/mol. The zero-order chi connectivity index (χ0) is 11.4. The van der Waals surface area contributed by atoms with Crippen LogP contribution in [0.1, 0.15) is 37.4 Å². The molecule has 1 heterocycles. The maximum atomic E-state index is 5.80. The van der Waals surface area contributed by atoms with Gasteiger partial charge in [-0.25, -0.2) is 0 Å². The van der Waals surface area contributed by atoms with Crippen LogP contribution in [0, 0.1) is 11.8 Å². The van der Waals surface area contributed by atoms with Gasteiger partial charge in [0.1, 0.15) is 0 Å². The van der Waals surface area contributed by atoms with Gasteiger partial charge in [-0.05, 0) is 55.7 Å². The molecule has 2 atom stereocenters. The predicted octanol–water partition coefficient (Wildman–Crippen LogP) is 2.56. The van der Waals surface area contributed by atoms with Crippen LogP contribution in [0.3, 0.4) is 0 Å². The maximum absolute atomic E-state index is 5.80. The molecule has 1 aliphatic carbocycles. The van der Waals surface area contributed by atoms with Gasteiger partial charge in [0.25, 0.3) is 0 Å². The van der Waals surface area contributed by atoms with E-state index in [1.807, 2.05) is 6.20 Å². The summed E-state index contributed by atoms with van der Waals surface area (Å²) in [5, 5.41) is 0. The summed E-state index contributed by atoms with van der Waals surface area (Å²) in [5.41, 5.74) is 8.37. The Hall–Kier alpha value is -0.890. The Labute approximate surface area is 98.3 Å². The van der Waals surface area contributed by atoms with Gasteiger partial charge in [-0.15, -0.1) is 0 Å². The molecule has 0 radical (unpaired) electrons. The molecule has 1 saturated carbocycles. The summed E-state index contributed by atoms with van der Waals surface area (Å²) in [7, 11) is 0. The number of hydrogen-bond donors (Lipinski definition) is 1. The third-order valence-electron chi connectivity index (χ3n) is 3.88. The molecular weight excluding hydrogens is 196 g/mol. The van der Waals surface area contributed by atoms with E-state index in [9.17, 15) is 0 Å². The maximum Gasteiger partial charge on any atom is 0.0406 e. The third kappa shape index (κ3) is 2.62. The van der Waals surface area contributed by atoms with Crippen LogP contribution in [0.25, 0.3) is 0 Å². The van der Waals surface area contributed by atoms with Crippen LogP contribution >= 0.6 is 0 Å². The third-order valence-corrected chi connectivity index (χ3v) is 3.88. The average Bonchev–Trinajstić information content (AvgIpc) is 2.77. The molecule has 2 N–H and O–H groups in total. The molecule has 1 aliphatic rings. The van der Waals surface area contributed by atoms with Crippen molar-refractivity contribution in [1.29, 1.82) is 0 Å². The van der Waals surface area contributed by atoms with E-state index in [1.54, 1.807) is 0 Å². The fraction of sp³-hybridized carbons (Fsp3) is 0.643. The molecule has 2 nitrogen and oxygen atoms in total. The molecule has 0 spiro atoms. The molecular formula is C14H22N2. The van der Waals surface area contributed by atoms with Crippen molar-refractivity contribution in [2.24, 2.45) is 17.6 Å². The fourth-order valence-corrected chi connectivity index (χ4v) is 2.75. The van der Waals surface area contributed by atoms with Gasteiger partial charge >= 0.3 is 0 Å². The number of aryl methyl sites for hydroxylation is 1. The van der Waals surface area contributed by atoms with Crippen LogP contribution in [0.4, 0.5) is 0 Å². The number of nitrogens with zero attached hydrogens (tertiary/aromatic N) is 1. The van der Waals surface area contributed by atoms with Crippen molar-refractivity contribution in [3.05, 3.63) is 29.6 Å². The lowest BCUT2D eigenvalue weighted by Gasteiger charge is -2.17. The Morgan fingerprint density at radius 2 is 2.12 bits per heavy atom. The summed E-state index contributed by atoms with van der Waals surface area (Å²) in [6.45, 7) is 3.01. The van der Waals surface area contributed by atoms with E-state index in [-0.39, 0.29) is 0 Å². The molecule has 0 amide bonds. The van der Waals surface area contributed by atoms with Gasteiger partial charge in [-0.3, -0.25) is 4.98 Å². The Balaban J connectivity index is 1.97. The second-order valence-electron chi connectivity index (χ2n) is 4.90. The quantitative estimate of drug-likeness (QED) is 0.843. The second-order valence-corrected chi connectivity index (χ2v) is 4.90. The van der Waals surface area contributed by atoms with Crippen LogP contribution < -0.4 is 5.73 Å². The summed E-state index contributed by atoms with van der Waals surface area (Å²) in [4.78, 5) is 4.54. The first-order valence-electron chi connectivity index (χ1n) is 6.47. The van der Waals surface area contributed by atoms with Crippen molar-refractivity contribution in [2.75, 3.05) is 6.54 Å². The molecule has 0 aliphatic heterocycles. The molecule has 1 aromatic heterocycles. The number of nitrogens with two attached hydrogens (primary N) is 1. The Morgan fingerprint density at radius 3 is 2.75 bits per heavy atom. The average molecular weight is 218 g/mol. The molecule has 16 heavy (non-hydrogen) atoms. The lowest BCUT2D eigenvalue weighted by atomic mass is 9.91. The largest absolute Gasteiger partial charge is 0.330 e. The van der Waals surface area contributed by atoms with Crippen molar-refractivity contribution in [3.63, 3.8) is 0 Å². The van der Waals surface area contributed by atoms with E-state index in [2.05, 4.69) is 24.0 Å². The van der Waals surface area contributed by atoms with Crippen molar-refractivity contribution in [2.45, 2.75) is 39.0 Å². The molecule has 0 bridgehead atoms. The Morgan fingerprint density at radius 1 is 1.31 bits per heavy atom. The zero-order valence-corrected chi connectivity index (χ0v) is 10.2. The van der Waals surface area contributed by atoms with Crippen molar-refractivity contribution >= 4 is 0 Å². The van der Waals surface area contributed by atoms with Crippen molar-refractivity contribution in [1.82, 2.24) is 4.98 Å². The summed E-state index contributed by atoms with van der Waals surface area (Å²) < 4.78 is 0. The lowest BCUT2D eigenvalue weighted by Crippen LogP contribution is -2.20. The number of aromatic nitrogens is 1. The minimum atomic E-state index is 0.729. The van der Waals surface area contributed by atoms with Crippen LogP contribution in [0.5, 0.6) is 0 Å². The van der Waals surface area contributed by atoms with Gasteiger partial charge in [0.05, 0.1) is 0 Å².